The highest BCUT2D eigenvalue weighted by atomic mass is 16.6. The molecule has 0 unspecified atom stereocenters. The molecule has 286 valence electrons. The summed E-state index contributed by atoms with van der Waals surface area (Å²) in [6.07, 6.45) is -0.925. The fourth-order valence-corrected chi connectivity index (χ4v) is 5.18. The Morgan fingerprint density at radius 3 is 1.53 bits per heavy atom. The van der Waals surface area contributed by atoms with E-state index >= 15 is 0 Å². The molecule has 10 nitrogen and oxygen atoms in total. The van der Waals surface area contributed by atoms with Gasteiger partial charge >= 0.3 is 19.3 Å². The number of rotatable bonds is 7. The van der Waals surface area contributed by atoms with Crippen LogP contribution < -0.4 is 16.7 Å². The minimum atomic E-state index is -1.38. The average molecular weight is 743 g/mol. The third-order valence-electron chi connectivity index (χ3n) is 7.71. The lowest BCUT2D eigenvalue weighted by atomic mass is 9.79. The lowest BCUT2D eigenvalue weighted by Crippen LogP contribution is -2.40. The lowest BCUT2D eigenvalue weighted by Gasteiger charge is -2.28. The van der Waals surface area contributed by atoms with E-state index in [1.807, 2.05) is 142 Å². The van der Waals surface area contributed by atoms with E-state index < -0.39 is 30.5 Å². The maximum atomic E-state index is 12.7. The Morgan fingerprint density at radius 1 is 0.582 bits per heavy atom. The van der Waals surface area contributed by atoms with Gasteiger partial charge in [-0.05, 0) is 91.8 Å². The Labute approximate surface area is 324 Å². The van der Waals surface area contributed by atoms with Gasteiger partial charge in [-0.2, -0.15) is 0 Å². The monoisotopic (exact) mass is 742 g/mol. The minimum absolute atomic E-state index is 0.343. The van der Waals surface area contributed by atoms with Crippen molar-refractivity contribution in [3.05, 3.63) is 157 Å². The number of carbonyl (C=O) groups excluding carboxylic acids is 2. The molecule has 2 amide bonds. The molecule has 55 heavy (non-hydrogen) atoms. The summed E-state index contributed by atoms with van der Waals surface area (Å²) in [7, 11) is -1.38. The minimum Gasteiger partial charge on any atom is -0.443 e. The number of hydrazine groups is 2. The van der Waals surface area contributed by atoms with Gasteiger partial charge in [-0.15, -0.1) is 0 Å². The molecule has 5 N–H and O–H groups in total. The van der Waals surface area contributed by atoms with Crippen LogP contribution >= 0.6 is 0 Å². The molecule has 0 spiro atoms. The van der Waals surface area contributed by atoms with Gasteiger partial charge in [0.15, 0.2) is 0 Å². The smallest absolute Gasteiger partial charge is 0.443 e. The number of benzene rings is 6. The van der Waals surface area contributed by atoms with Crippen molar-refractivity contribution < 1.29 is 29.1 Å². The maximum absolute atomic E-state index is 12.7. The maximum Gasteiger partial charge on any atom is 0.488 e. The van der Waals surface area contributed by atoms with Crippen LogP contribution in [0.15, 0.2) is 146 Å². The molecule has 0 atom stereocenters. The Balaban J connectivity index is 0.000000198. The van der Waals surface area contributed by atoms with Gasteiger partial charge in [0.25, 0.3) is 0 Å². The zero-order valence-corrected chi connectivity index (χ0v) is 32.3. The van der Waals surface area contributed by atoms with Crippen LogP contribution in [-0.4, -0.2) is 50.6 Å². The van der Waals surface area contributed by atoms with E-state index in [0.29, 0.717) is 18.6 Å². The van der Waals surface area contributed by atoms with E-state index in [2.05, 4.69) is 17.6 Å². The van der Waals surface area contributed by atoms with Crippen LogP contribution in [0.2, 0.25) is 0 Å². The summed E-state index contributed by atoms with van der Waals surface area (Å²) in [6, 6.07) is 46.7. The van der Waals surface area contributed by atoms with Crippen LogP contribution in [-0.2, 0) is 22.6 Å². The number of anilines is 1. The van der Waals surface area contributed by atoms with Crippen molar-refractivity contribution in [1.29, 1.82) is 0 Å². The fraction of sp³-hybridized carbons (Fsp3) is 0.227. The first-order valence-corrected chi connectivity index (χ1v) is 18.0. The quantitative estimate of drug-likeness (QED) is 0.0554. The summed E-state index contributed by atoms with van der Waals surface area (Å²) >= 11 is 0. The molecular weight excluding hydrogens is 691 g/mol. The molecule has 0 heterocycles. The molecular formula is C44H51BN4O6. The molecule has 0 bridgehead atoms. The number of hydrogen-bond acceptors (Lipinski definition) is 8. The molecule has 0 saturated heterocycles. The van der Waals surface area contributed by atoms with Crippen LogP contribution in [0.4, 0.5) is 15.3 Å². The molecule has 0 aliphatic heterocycles. The second kappa shape index (κ2) is 19.5. The zero-order chi connectivity index (χ0) is 40.0. The largest absolute Gasteiger partial charge is 0.488 e. The summed E-state index contributed by atoms with van der Waals surface area (Å²) in [5, 5.41) is 24.8. The van der Waals surface area contributed by atoms with Gasteiger partial charge in [0.1, 0.15) is 11.2 Å². The average Bonchev–Trinajstić information content (AvgIpc) is 3.14. The summed E-state index contributed by atoms with van der Waals surface area (Å²) < 4.78 is 10.7. The zero-order valence-electron chi connectivity index (χ0n) is 32.3. The number of hydrogen-bond donors (Lipinski definition) is 4. The van der Waals surface area contributed by atoms with Gasteiger partial charge in [0.2, 0.25) is 0 Å². The van der Waals surface area contributed by atoms with Gasteiger partial charge in [0.05, 0.1) is 18.8 Å². The predicted molar refractivity (Wildman–Crippen MR) is 222 cm³/mol. The SMILES string of the molecule is CC(C)(C)OC(=O)N(Cc1ccccc1)Nc1ccc2ccccc2c1.CC(C)(C)OC(=O)N(N)Cc1ccccc1.OB(O)c1ccc2ccccc2c1. The molecule has 0 aromatic heterocycles. The van der Waals surface area contributed by atoms with Crippen molar-refractivity contribution in [3.8, 4) is 0 Å². The van der Waals surface area contributed by atoms with Crippen LogP contribution in [0.5, 0.6) is 0 Å². The summed E-state index contributed by atoms with van der Waals surface area (Å²) in [6.45, 7) is 11.8. The van der Waals surface area contributed by atoms with Crippen molar-refractivity contribution in [2.45, 2.75) is 65.8 Å². The van der Waals surface area contributed by atoms with Gasteiger partial charge < -0.3 is 19.5 Å². The van der Waals surface area contributed by atoms with Crippen LogP contribution in [0, 0.1) is 0 Å². The van der Waals surface area contributed by atoms with Gasteiger partial charge in [-0.1, -0.05) is 133 Å². The molecule has 0 radical (unpaired) electrons. The summed E-state index contributed by atoms with van der Waals surface area (Å²) in [5.74, 6) is 5.62. The third kappa shape index (κ3) is 14.5. The summed E-state index contributed by atoms with van der Waals surface area (Å²) in [4.78, 5) is 24.2. The highest BCUT2D eigenvalue weighted by molar-refractivity contribution is 6.58. The number of amides is 2. The number of nitrogens with one attached hydrogen (secondary N) is 1. The third-order valence-corrected chi connectivity index (χ3v) is 7.71. The molecule has 6 aromatic carbocycles. The normalized spacial score (nSPS) is 10.9. The van der Waals surface area contributed by atoms with Crippen molar-refractivity contribution >= 4 is 52.0 Å². The fourth-order valence-electron chi connectivity index (χ4n) is 5.18. The molecule has 0 fully saturated rings. The molecule has 6 rings (SSSR count). The first kappa shape index (κ1) is 41.9. The Bertz CT molecular complexity index is 2120. The van der Waals surface area contributed by atoms with E-state index in [9.17, 15) is 9.59 Å². The number of nitrogens with two attached hydrogens (primary N) is 1. The predicted octanol–water partition coefficient (Wildman–Crippen LogP) is 8.42. The Hall–Kier alpha value is -5.88. The van der Waals surface area contributed by atoms with Crippen molar-refractivity contribution in [2.24, 2.45) is 5.84 Å². The van der Waals surface area contributed by atoms with Gasteiger partial charge in [-0.25, -0.2) is 25.4 Å². The molecule has 6 aromatic rings. The van der Waals surface area contributed by atoms with E-state index in [0.717, 1.165) is 43.4 Å². The number of nitrogens with zero attached hydrogens (tertiary/aromatic N) is 2. The second-order valence-electron chi connectivity index (χ2n) is 14.8. The Morgan fingerprint density at radius 2 is 1.02 bits per heavy atom. The first-order chi connectivity index (χ1) is 26.1. The van der Waals surface area contributed by atoms with Crippen molar-refractivity contribution in [1.82, 2.24) is 10.0 Å². The molecule has 0 aliphatic carbocycles. The van der Waals surface area contributed by atoms with E-state index in [4.69, 9.17) is 25.4 Å². The molecule has 0 saturated carbocycles. The second-order valence-corrected chi connectivity index (χ2v) is 14.8. The highest BCUT2D eigenvalue weighted by Crippen LogP contribution is 2.21. The number of ether oxygens (including phenoxy) is 2. The highest BCUT2D eigenvalue weighted by Gasteiger charge is 2.23. The van der Waals surface area contributed by atoms with Gasteiger partial charge in [-0.3, -0.25) is 5.43 Å². The lowest BCUT2D eigenvalue weighted by molar-refractivity contribution is 0.0229. The van der Waals surface area contributed by atoms with E-state index in [-0.39, 0.29) is 0 Å². The van der Waals surface area contributed by atoms with Crippen LogP contribution in [0.1, 0.15) is 52.7 Å². The summed E-state index contributed by atoms with van der Waals surface area (Å²) in [5.41, 5.74) is 5.47. The van der Waals surface area contributed by atoms with E-state index in [1.54, 1.807) is 32.9 Å². The molecule has 11 heteroatoms. The van der Waals surface area contributed by atoms with Crippen LogP contribution in [0.25, 0.3) is 21.5 Å². The van der Waals surface area contributed by atoms with Gasteiger partial charge in [0, 0.05) is 0 Å². The number of fused-ring (bicyclic) bond motifs is 2. The van der Waals surface area contributed by atoms with Crippen molar-refractivity contribution in [2.75, 3.05) is 5.43 Å². The molecule has 0 aliphatic rings. The standard InChI is InChI=1S/C22H24N2O2.C12H18N2O2.C10H9BO2/c1-22(2,3)26-21(25)24(16-17-9-5-4-6-10-17)23-20-14-13-18-11-7-8-12-19(18)15-20;1-12(2,3)16-11(15)14(13)9-10-7-5-4-6-8-10;12-11(13)10-6-5-8-3-1-2-4-9(8)7-10/h4-15,23H,16H2,1-3H3;4-8H,9,13H2,1-3H3;1-7,12-13H. The van der Waals surface area contributed by atoms with E-state index in [1.165, 1.54) is 5.01 Å². The van der Waals surface area contributed by atoms with Crippen molar-refractivity contribution in [3.63, 3.8) is 0 Å². The first-order valence-electron chi connectivity index (χ1n) is 18.0. The topological polar surface area (TPSA) is 138 Å². The Kier molecular flexibility index (Phi) is 14.8. The number of carbonyl (C=O) groups is 2. The van der Waals surface area contributed by atoms with Crippen LogP contribution in [0.3, 0.4) is 0 Å².